The van der Waals surface area contributed by atoms with Crippen LogP contribution in [0.1, 0.15) is 11.5 Å². The average Bonchev–Trinajstić information content (AvgIpc) is 3.11. The largest absolute Gasteiger partial charge is 0.337 e. The Hall–Kier alpha value is -2.92. The molecular weight excluding hydrogens is 350 g/mol. The minimum atomic E-state index is -0.0256. The number of halogens is 1. The molecule has 3 rings (SSSR count). The molecule has 0 atom stereocenters. The molecule has 1 heterocycles. The quantitative estimate of drug-likeness (QED) is 0.589. The third kappa shape index (κ3) is 4.58. The summed E-state index contributed by atoms with van der Waals surface area (Å²) in [6.45, 7) is 4.36. The van der Waals surface area contributed by atoms with Gasteiger partial charge in [0.05, 0.1) is 6.42 Å². The van der Waals surface area contributed by atoms with E-state index in [0.29, 0.717) is 29.7 Å². The van der Waals surface area contributed by atoms with Crippen molar-refractivity contribution in [2.75, 3.05) is 6.54 Å². The first-order valence-electron chi connectivity index (χ1n) is 8.17. The molecular formula is C20H18ClN3O2. The highest BCUT2D eigenvalue weighted by molar-refractivity contribution is 6.30. The Morgan fingerprint density at radius 2 is 1.88 bits per heavy atom. The second-order valence-corrected chi connectivity index (χ2v) is 6.18. The Morgan fingerprint density at radius 1 is 1.15 bits per heavy atom. The zero-order valence-electron chi connectivity index (χ0n) is 14.1. The standard InChI is InChI=1S/C20H18ClN3O2/c1-2-12-24(19(25)13-15-6-4-3-5-7-15)14-18-22-20(23-26-18)16-8-10-17(21)11-9-16/h2-11H,1,12-14H2. The highest BCUT2D eigenvalue weighted by Gasteiger charge is 2.17. The summed E-state index contributed by atoms with van der Waals surface area (Å²) in [6, 6.07) is 16.8. The summed E-state index contributed by atoms with van der Waals surface area (Å²) in [6.07, 6.45) is 1.99. The van der Waals surface area contributed by atoms with Gasteiger partial charge in [0.1, 0.15) is 6.54 Å². The Labute approximate surface area is 156 Å². The number of rotatable bonds is 7. The fourth-order valence-electron chi connectivity index (χ4n) is 2.49. The molecule has 0 radical (unpaired) electrons. The lowest BCUT2D eigenvalue weighted by atomic mass is 10.1. The lowest BCUT2D eigenvalue weighted by Crippen LogP contribution is -2.32. The Kier molecular flexibility index (Phi) is 5.81. The van der Waals surface area contributed by atoms with Gasteiger partial charge in [-0.1, -0.05) is 53.2 Å². The third-order valence-corrected chi connectivity index (χ3v) is 4.05. The van der Waals surface area contributed by atoms with E-state index < -0.39 is 0 Å². The molecule has 0 unspecified atom stereocenters. The lowest BCUT2D eigenvalue weighted by molar-refractivity contribution is -0.130. The van der Waals surface area contributed by atoms with Crippen molar-refractivity contribution in [1.82, 2.24) is 15.0 Å². The monoisotopic (exact) mass is 367 g/mol. The van der Waals surface area contributed by atoms with E-state index in [1.807, 2.05) is 42.5 Å². The first-order chi connectivity index (χ1) is 12.7. The van der Waals surface area contributed by atoms with Gasteiger partial charge >= 0.3 is 0 Å². The SMILES string of the molecule is C=CCN(Cc1nc(-c2ccc(Cl)cc2)no1)C(=O)Cc1ccccc1. The smallest absolute Gasteiger partial charge is 0.246 e. The van der Waals surface area contributed by atoms with E-state index in [1.165, 1.54) is 0 Å². The predicted molar refractivity (Wildman–Crippen MR) is 101 cm³/mol. The number of hydrogen-bond acceptors (Lipinski definition) is 4. The van der Waals surface area contributed by atoms with Gasteiger partial charge in [-0.2, -0.15) is 4.98 Å². The molecule has 0 aliphatic carbocycles. The maximum atomic E-state index is 12.6. The summed E-state index contributed by atoms with van der Waals surface area (Å²) >= 11 is 5.89. The Balaban J connectivity index is 1.71. The maximum absolute atomic E-state index is 12.6. The molecule has 0 N–H and O–H groups in total. The number of hydrogen-bond donors (Lipinski definition) is 0. The van der Waals surface area contributed by atoms with E-state index in [2.05, 4.69) is 16.7 Å². The number of benzene rings is 2. The van der Waals surface area contributed by atoms with Gasteiger partial charge in [-0.05, 0) is 29.8 Å². The fourth-order valence-corrected chi connectivity index (χ4v) is 2.62. The third-order valence-electron chi connectivity index (χ3n) is 3.80. The van der Waals surface area contributed by atoms with Crippen molar-refractivity contribution in [3.63, 3.8) is 0 Å². The first kappa shape index (κ1) is 17.9. The molecule has 0 saturated carbocycles. The molecule has 0 bridgehead atoms. The number of aromatic nitrogens is 2. The molecule has 0 aliphatic rings. The van der Waals surface area contributed by atoms with E-state index >= 15 is 0 Å². The van der Waals surface area contributed by atoms with Crippen LogP contribution >= 0.6 is 11.6 Å². The summed E-state index contributed by atoms with van der Waals surface area (Å²) in [5.74, 6) is 0.811. The van der Waals surface area contributed by atoms with Crippen LogP contribution in [0.3, 0.4) is 0 Å². The van der Waals surface area contributed by atoms with Gasteiger partial charge in [-0.15, -0.1) is 6.58 Å². The highest BCUT2D eigenvalue weighted by atomic mass is 35.5. The fraction of sp³-hybridized carbons (Fsp3) is 0.150. The van der Waals surface area contributed by atoms with Crippen molar-refractivity contribution < 1.29 is 9.32 Å². The van der Waals surface area contributed by atoms with Gasteiger partial charge in [0.2, 0.25) is 17.6 Å². The maximum Gasteiger partial charge on any atom is 0.246 e. The van der Waals surface area contributed by atoms with Crippen molar-refractivity contribution in [2.45, 2.75) is 13.0 Å². The minimum absolute atomic E-state index is 0.0256. The predicted octanol–water partition coefficient (Wildman–Crippen LogP) is 4.15. The van der Waals surface area contributed by atoms with Crippen molar-refractivity contribution >= 4 is 17.5 Å². The average molecular weight is 368 g/mol. The molecule has 3 aromatic rings. The first-order valence-corrected chi connectivity index (χ1v) is 8.54. The number of carbonyl (C=O) groups is 1. The van der Waals surface area contributed by atoms with Gasteiger partial charge in [0, 0.05) is 17.1 Å². The zero-order chi connectivity index (χ0) is 18.4. The molecule has 2 aromatic carbocycles. The minimum Gasteiger partial charge on any atom is -0.337 e. The van der Waals surface area contributed by atoms with Gasteiger partial charge in [0.25, 0.3) is 0 Å². The van der Waals surface area contributed by atoms with Gasteiger partial charge in [-0.3, -0.25) is 4.79 Å². The molecule has 132 valence electrons. The molecule has 0 fully saturated rings. The Morgan fingerprint density at radius 3 is 2.58 bits per heavy atom. The van der Waals surface area contributed by atoms with E-state index in [4.69, 9.17) is 16.1 Å². The summed E-state index contributed by atoms with van der Waals surface area (Å²) in [4.78, 5) is 18.6. The molecule has 0 spiro atoms. The summed E-state index contributed by atoms with van der Waals surface area (Å²) in [5, 5.41) is 4.62. The topological polar surface area (TPSA) is 59.2 Å². The molecule has 0 saturated heterocycles. The molecule has 26 heavy (non-hydrogen) atoms. The van der Waals surface area contributed by atoms with Crippen LogP contribution in [0.4, 0.5) is 0 Å². The van der Waals surface area contributed by atoms with E-state index in [1.54, 1.807) is 23.1 Å². The number of carbonyl (C=O) groups excluding carboxylic acids is 1. The van der Waals surface area contributed by atoms with Crippen LogP contribution in [0.5, 0.6) is 0 Å². The van der Waals surface area contributed by atoms with E-state index in [0.717, 1.165) is 11.1 Å². The zero-order valence-corrected chi connectivity index (χ0v) is 14.9. The normalized spacial score (nSPS) is 10.5. The van der Waals surface area contributed by atoms with E-state index in [9.17, 15) is 4.79 Å². The Bertz CT molecular complexity index is 876. The van der Waals surface area contributed by atoms with Crippen LogP contribution in [0.25, 0.3) is 11.4 Å². The van der Waals surface area contributed by atoms with Crippen molar-refractivity contribution in [3.05, 3.63) is 83.7 Å². The van der Waals surface area contributed by atoms with Crippen LogP contribution in [0.15, 0.2) is 71.8 Å². The summed E-state index contributed by atoms with van der Waals surface area (Å²) < 4.78 is 5.30. The second kappa shape index (κ2) is 8.45. The van der Waals surface area contributed by atoms with Crippen LogP contribution in [0.2, 0.25) is 5.02 Å². The summed E-state index contributed by atoms with van der Waals surface area (Å²) in [5.41, 5.74) is 1.76. The number of amides is 1. The highest BCUT2D eigenvalue weighted by Crippen LogP contribution is 2.19. The van der Waals surface area contributed by atoms with Crippen LogP contribution in [0, 0.1) is 0 Å². The van der Waals surface area contributed by atoms with Crippen molar-refractivity contribution in [2.24, 2.45) is 0 Å². The molecule has 0 aliphatic heterocycles. The molecule has 5 nitrogen and oxygen atoms in total. The van der Waals surface area contributed by atoms with Gasteiger partial charge in [-0.25, -0.2) is 0 Å². The summed E-state index contributed by atoms with van der Waals surface area (Å²) in [7, 11) is 0. The van der Waals surface area contributed by atoms with Crippen molar-refractivity contribution in [1.29, 1.82) is 0 Å². The van der Waals surface area contributed by atoms with Crippen molar-refractivity contribution in [3.8, 4) is 11.4 Å². The van der Waals surface area contributed by atoms with Gasteiger partial charge < -0.3 is 9.42 Å². The van der Waals surface area contributed by atoms with Gasteiger partial charge in [0.15, 0.2) is 0 Å². The molecule has 1 amide bonds. The number of nitrogens with zero attached hydrogens (tertiary/aromatic N) is 3. The van der Waals surface area contributed by atoms with Crippen LogP contribution in [-0.4, -0.2) is 27.5 Å². The van der Waals surface area contributed by atoms with Crippen LogP contribution < -0.4 is 0 Å². The van der Waals surface area contributed by atoms with E-state index in [-0.39, 0.29) is 12.5 Å². The van der Waals surface area contributed by atoms with Crippen LogP contribution in [-0.2, 0) is 17.8 Å². The molecule has 6 heteroatoms. The lowest BCUT2D eigenvalue weighted by Gasteiger charge is -2.19. The second-order valence-electron chi connectivity index (χ2n) is 5.74. The molecule has 1 aromatic heterocycles.